The maximum absolute atomic E-state index is 5.90. The van der Waals surface area contributed by atoms with E-state index in [9.17, 15) is 0 Å². The summed E-state index contributed by atoms with van der Waals surface area (Å²) in [5.41, 5.74) is 1.21. The maximum Gasteiger partial charge on any atom is 0.112 e. The van der Waals surface area contributed by atoms with Gasteiger partial charge in [0.1, 0.15) is 6.23 Å². The van der Waals surface area contributed by atoms with E-state index in [-0.39, 0.29) is 6.23 Å². The molecule has 0 radical (unpaired) electrons. The molecule has 0 amide bonds. The van der Waals surface area contributed by atoms with Crippen molar-refractivity contribution in [3.8, 4) is 0 Å². The van der Waals surface area contributed by atoms with Crippen molar-refractivity contribution < 1.29 is 4.74 Å². The fraction of sp³-hybridized carbons (Fsp3) is 0.455. The van der Waals surface area contributed by atoms with Crippen molar-refractivity contribution in [2.24, 2.45) is 0 Å². The molecule has 0 saturated carbocycles. The fourth-order valence-electron chi connectivity index (χ4n) is 1.67. The molecule has 76 valence electrons. The van der Waals surface area contributed by atoms with Gasteiger partial charge in [-0.3, -0.25) is 5.32 Å². The Morgan fingerprint density at radius 1 is 1.57 bits per heavy atom. The second-order valence-electron chi connectivity index (χ2n) is 3.68. The minimum Gasteiger partial charge on any atom is -0.359 e. The number of hydrogen-bond donors (Lipinski definition) is 1. The van der Waals surface area contributed by atoms with Crippen LogP contribution in [0.2, 0.25) is 5.02 Å². The maximum atomic E-state index is 5.90. The largest absolute Gasteiger partial charge is 0.359 e. The van der Waals surface area contributed by atoms with Gasteiger partial charge in [-0.05, 0) is 24.6 Å². The van der Waals surface area contributed by atoms with E-state index in [2.05, 4.69) is 18.3 Å². The summed E-state index contributed by atoms with van der Waals surface area (Å²) < 4.78 is 5.65. The Bertz CT molecular complexity index is 316. The minimum atomic E-state index is 0.142. The number of halogens is 1. The number of benzene rings is 1. The van der Waals surface area contributed by atoms with E-state index in [4.69, 9.17) is 16.3 Å². The summed E-state index contributed by atoms with van der Waals surface area (Å²) >= 11 is 5.90. The average molecular weight is 212 g/mol. The van der Waals surface area contributed by atoms with Gasteiger partial charge < -0.3 is 4.74 Å². The molecule has 0 bridgehead atoms. The number of ether oxygens (including phenoxy) is 1. The van der Waals surface area contributed by atoms with Gasteiger partial charge in [0.15, 0.2) is 0 Å². The van der Waals surface area contributed by atoms with Crippen LogP contribution in [0.3, 0.4) is 0 Å². The zero-order valence-corrected chi connectivity index (χ0v) is 8.92. The zero-order chi connectivity index (χ0) is 9.97. The lowest BCUT2D eigenvalue weighted by molar-refractivity contribution is 0.0520. The Labute approximate surface area is 89.2 Å². The van der Waals surface area contributed by atoms with Crippen LogP contribution in [0.5, 0.6) is 0 Å². The summed E-state index contributed by atoms with van der Waals surface area (Å²) in [6.45, 7) is 3.01. The second kappa shape index (κ2) is 4.30. The molecule has 2 rings (SSSR count). The highest BCUT2D eigenvalue weighted by Crippen LogP contribution is 2.15. The first-order valence-electron chi connectivity index (χ1n) is 4.87. The first-order valence-corrected chi connectivity index (χ1v) is 5.25. The second-order valence-corrected chi connectivity index (χ2v) is 4.11. The Morgan fingerprint density at radius 3 is 3.07 bits per heavy atom. The van der Waals surface area contributed by atoms with Crippen LogP contribution < -0.4 is 5.32 Å². The van der Waals surface area contributed by atoms with Gasteiger partial charge in [0, 0.05) is 18.0 Å². The average Bonchev–Trinajstić information content (AvgIpc) is 2.51. The van der Waals surface area contributed by atoms with Crippen molar-refractivity contribution in [1.29, 1.82) is 0 Å². The molecule has 1 aromatic carbocycles. The molecular weight excluding hydrogens is 198 g/mol. The van der Waals surface area contributed by atoms with E-state index in [0.717, 1.165) is 18.0 Å². The van der Waals surface area contributed by atoms with E-state index in [1.165, 1.54) is 5.56 Å². The van der Waals surface area contributed by atoms with E-state index in [1.807, 2.05) is 18.2 Å². The molecule has 0 aromatic heterocycles. The van der Waals surface area contributed by atoms with Gasteiger partial charge >= 0.3 is 0 Å². The standard InChI is InChI=1S/C11H14ClNO/c1-8-7-13-11(14-8)6-9-3-2-4-10(12)5-9/h2-5,8,11,13H,6-7H2,1H3. The van der Waals surface area contributed by atoms with Crippen molar-refractivity contribution >= 4 is 11.6 Å². The highest BCUT2D eigenvalue weighted by Gasteiger charge is 2.20. The van der Waals surface area contributed by atoms with Crippen LogP contribution in [-0.2, 0) is 11.2 Å². The van der Waals surface area contributed by atoms with Crippen molar-refractivity contribution in [2.45, 2.75) is 25.7 Å². The summed E-state index contributed by atoms with van der Waals surface area (Å²) in [6.07, 6.45) is 1.34. The topological polar surface area (TPSA) is 21.3 Å². The third-order valence-electron chi connectivity index (χ3n) is 2.34. The van der Waals surface area contributed by atoms with Gasteiger partial charge in [0.05, 0.1) is 6.10 Å². The molecule has 14 heavy (non-hydrogen) atoms. The molecule has 1 N–H and O–H groups in total. The van der Waals surface area contributed by atoms with Gasteiger partial charge in [-0.25, -0.2) is 0 Å². The van der Waals surface area contributed by atoms with Crippen molar-refractivity contribution in [1.82, 2.24) is 5.32 Å². The van der Waals surface area contributed by atoms with Gasteiger partial charge in [-0.1, -0.05) is 23.7 Å². The van der Waals surface area contributed by atoms with Crippen LogP contribution in [0.15, 0.2) is 24.3 Å². The smallest absolute Gasteiger partial charge is 0.112 e. The van der Waals surface area contributed by atoms with E-state index in [0.29, 0.717) is 6.10 Å². The van der Waals surface area contributed by atoms with Crippen LogP contribution in [-0.4, -0.2) is 18.9 Å². The lowest BCUT2D eigenvalue weighted by atomic mass is 10.1. The third-order valence-corrected chi connectivity index (χ3v) is 2.57. The minimum absolute atomic E-state index is 0.142. The molecule has 0 aliphatic carbocycles. The normalized spacial score (nSPS) is 26.7. The Balaban J connectivity index is 1.97. The first kappa shape index (κ1) is 9.97. The number of rotatable bonds is 2. The number of nitrogens with one attached hydrogen (secondary N) is 1. The molecule has 2 unspecified atom stereocenters. The molecule has 1 aliphatic rings. The predicted octanol–water partition coefficient (Wildman–Crippen LogP) is 2.22. The molecule has 1 saturated heterocycles. The lowest BCUT2D eigenvalue weighted by Crippen LogP contribution is -2.24. The predicted molar refractivity (Wildman–Crippen MR) is 57.5 cm³/mol. The van der Waals surface area contributed by atoms with E-state index >= 15 is 0 Å². The van der Waals surface area contributed by atoms with Gasteiger partial charge in [0.25, 0.3) is 0 Å². The molecule has 1 heterocycles. The molecule has 2 nitrogen and oxygen atoms in total. The molecule has 1 aromatic rings. The van der Waals surface area contributed by atoms with Gasteiger partial charge in [0.2, 0.25) is 0 Å². The Kier molecular flexibility index (Phi) is 3.06. The highest BCUT2D eigenvalue weighted by molar-refractivity contribution is 6.30. The molecule has 2 atom stereocenters. The summed E-state index contributed by atoms with van der Waals surface area (Å²) in [7, 11) is 0. The SMILES string of the molecule is CC1CNC(Cc2cccc(Cl)c2)O1. The summed E-state index contributed by atoms with van der Waals surface area (Å²) in [5.74, 6) is 0. The molecule has 3 heteroatoms. The monoisotopic (exact) mass is 211 g/mol. The Morgan fingerprint density at radius 2 is 2.43 bits per heavy atom. The van der Waals surface area contributed by atoms with Crippen molar-refractivity contribution in [3.05, 3.63) is 34.9 Å². The molecular formula is C11H14ClNO. The highest BCUT2D eigenvalue weighted by atomic mass is 35.5. The Hall–Kier alpha value is -0.570. The van der Waals surface area contributed by atoms with Crippen molar-refractivity contribution in [3.63, 3.8) is 0 Å². The van der Waals surface area contributed by atoms with Crippen LogP contribution >= 0.6 is 11.6 Å². The molecule has 0 spiro atoms. The quantitative estimate of drug-likeness (QED) is 0.810. The third kappa shape index (κ3) is 2.47. The van der Waals surface area contributed by atoms with Gasteiger partial charge in [-0.15, -0.1) is 0 Å². The molecule has 1 aliphatic heterocycles. The number of hydrogen-bond acceptors (Lipinski definition) is 2. The zero-order valence-electron chi connectivity index (χ0n) is 8.16. The van der Waals surface area contributed by atoms with Crippen LogP contribution in [0, 0.1) is 0 Å². The molecule has 1 fully saturated rings. The van der Waals surface area contributed by atoms with Crippen molar-refractivity contribution in [2.75, 3.05) is 6.54 Å². The summed E-state index contributed by atoms with van der Waals surface area (Å²) in [4.78, 5) is 0. The van der Waals surface area contributed by atoms with Crippen LogP contribution in [0.4, 0.5) is 0 Å². The first-order chi connectivity index (χ1) is 6.74. The van der Waals surface area contributed by atoms with E-state index < -0.39 is 0 Å². The van der Waals surface area contributed by atoms with Crippen LogP contribution in [0.1, 0.15) is 12.5 Å². The van der Waals surface area contributed by atoms with Crippen LogP contribution in [0.25, 0.3) is 0 Å². The summed E-state index contributed by atoms with van der Waals surface area (Å²) in [6, 6.07) is 7.90. The van der Waals surface area contributed by atoms with Gasteiger partial charge in [-0.2, -0.15) is 0 Å². The summed E-state index contributed by atoms with van der Waals surface area (Å²) in [5, 5.41) is 4.09. The lowest BCUT2D eigenvalue weighted by Gasteiger charge is -2.10. The van der Waals surface area contributed by atoms with E-state index in [1.54, 1.807) is 0 Å². The fourth-order valence-corrected chi connectivity index (χ4v) is 1.89.